The summed E-state index contributed by atoms with van der Waals surface area (Å²) in [5.41, 5.74) is 7.97. The highest BCUT2D eigenvalue weighted by atomic mass is 35.5. The lowest BCUT2D eigenvalue weighted by Gasteiger charge is -2.09. The van der Waals surface area contributed by atoms with Crippen molar-refractivity contribution in [2.24, 2.45) is 0 Å². The predicted octanol–water partition coefficient (Wildman–Crippen LogP) is 3.01. The van der Waals surface area contributed by atoms with E-state index in [9.17, 15) is 4.39 Å². The van der Waals surface area contributed by atoms with E-state index in [0.717, 1.165) is 0 Å². The lowest BCUT2D eigenvalue weighted by Crippen LogP contribution is -2.03. The average molecular weight is 304 g/mol. The second kappa shape index (κ2) is 5.14. The number of hydrogen-bond donors (Lipinski definition) is 1. The maximum Gasteiger partial charge on any atom is 0.187 e. The number of tetrazole rings is 1. The topological polar surface area (TPSA) is 69.6 Å². The fourth-order valence-corrected chi connectivity index (χ4v) is 2.16. The predicted molar refractivity (Wildman–Crippen MR) is 78.7 cm³/mol. The van der Waals surface area contributed by atoms with Crippen molar-refractivity contribution in [3.63, 3.8) is 0 Å². The summed E-state index contributed by atoms with van der Waals surface area (Å²) in [6.45, 7) is 1.67. The number of nitrogens with two attached hydrogens (primary N) is 1. The molecule has 0 unspecified atom stereocenters. The first-order valence-corrected chi connectivity index (χ1v) is 6.55. The molecule has 0 radical (unpaired) electrons. The quantitative estimate of drug-likeness (QED) is 0.739. The van der Waals surface area contributed by atoms with Gasteiger partial charge in [0.2, 0.25) is 0 Å². The van der Waals surface area contributed by atoms with Crippen LogP contribution in [0.4, 0.5) is 10.1 Å². The Morgan fingerprint density at radius 1 is 1.24 bits per heavy atom. The number of benzene rings is 2. The van der Waals surface area contributed by atoms with Gasteiger partial charge in [-0.2, -0.15) is 4.68 Å². The van der Waals surface area contributed by atoms with Gasteiger partial charge in [-0.05, 0) is 47.7 Å². The zero-order valence-corrected chi connectivity index (χ0v) is 11.8. The van der Waals surface area contributed by atoms with Gasteiger partial charge < -0.3 is 5.73 Å². The zero-order valence-electron chi connectivity index (χ0n) is 11.1. The molecule has 7 heteroatoms. The van der Waals surface area contributed by atoms with Crippen LogP contribution in [0.15, 0.2) is 36.4 Å². The Morgan fingerprint density at radius 3 is 2.81 bits per heavy atom. The highest BCUT2D eigenvalue weighted by molar-refractivity contribution is 6.33. The van der Waals surface area contributed by atoms with Crippen LogP contribution in [0.2, 0.25) is 5.02 Å². The normalized spacial score (nSPS) is 10.8. The Balaban J connectivity index is 2.17. The van der Waals surface area contributed by atoms with Crippen LogP contribution in [-0.2, 0) is 0 Å². The van der Waals surface area contributed by atoms with Gasteiger partial charge in [0.15, 0.2) is 5.82 Å². The summed E-state index contributed by atoms with van der Waals surface area (Å²) in [7, 11) is 0. The van der Waals surface area contributed by atoms with Crippen molar-refractivity contribution in [1.82, 2.24) is 20.2 Å². The van der Waals surface area contributed by atoms with E-state index >= 15 is 0 Å². The van der Waals surface area contributed by atoms with Crippen molar-refractivity contribution in [3.8, 4) is 17.1 Å². The largest absolute Gasteiger partial charge is 0.398 e. The molecule has 21 heavy (non-hydrogen) atoms. The third kappa shape index (κ3) is 2.34. The average Bonchev–Trinajstić information content (AvgIpc) is 2.94. The smallest absolute Gasteiger partial charge is 0.187 e. The van der Waals surface area contributed by atoms with Gasteiger partial charge in [0, 0.05) is 11.1 Å². The second-order valence-electron chi connectivity index (χ2n) is 4.53. The summed E-state index contributed by atoms with van der Waals surface area (Å²) >= 11 is 5.91. The van der Waals surface area contributed by atoms with E-state index in [1.165, 1.54) is 10.7 Å². The van der Waals surface area contributed by atoms with Gasteiger partial charge in [-0.1, -0.05) is 17.7 Å². The van der Waals surface area contributed by atoms with Crippen molar-refractivity contribution in [1.29, 1.82) is 0 Å². The molecule has 0 saturated heterocycles. The minimum Gasteiger partial charge on any atom is -0.398 e. The molecule has 2 N–H and O–H groups in total. The van der Waals surface area contributed by atoms with Crippen LogP contribution < -0.4 is 5.73 Å². The molecule has 3 aromatic rings. The maximum atomic E-state index is 13.7. The molecule has 0 bridgehead atoms. The molecule has 0 spiro atoms. The minimum atomic E-state index is -0.315. The van der Waals surface area contributed by atoms with E-state index in [1.54, 1.807) is 37.3 Å². The van der Waals surface area contributed by atoms with Gasteiger partial charge in [0.05, 0.1) is 16.4 Å². The third-order valence-corrected chi connectivity index (χ3v) is 3.54. The van der Waals surface area contributed by atoms with E-state index in [4.69, 9.17) is 17.3 Å². The summed E-state index contributed by atoms with van der Waals surface area (Å²) in [6, 6.07) is 9.86. The molecule has 0 saturated carbocycles. The van der Waals surface area contributed by atoms with Gasteiger partial charge in [-0.3, -0.25) is 0 Å². The highest BCUT2D eigenvalue weighted by Crippen LogP contribution is 2.27. The zero-order chi connectivity index (χ0) is 15.0. The first-order valence-electron chi connectivity index (χ1n) is 6.17. The van der Waals surface area contributed by atoms with E-state index in [-0.39, 0.29) is 5.82 Å². The van der Waals surface area contributed by atoms with Crippen LogP contribution in [0.1, 0.15) is 5.56 Å². The van der Waals surface area contributed by atoms with Crippen LogP contribution in [0.25, 0.3) is 17.1 Å². The van der Waals surface area contributed by atoms with Gasteiger partial charge in [0.1, 0.15) is 5.82 Å². The number of nitrogen functional groups attached to an aromatic ring is 1. The molecule has 0 aliphatic carbocycles. The van der Waals surface area contributed by atoms with Gasteiger partial charge in [-0.15, -0.1) is 5.10 Å². The standard InChI is InChI=1S/C14H11ClFN5/c1-8-11(16)3-2-4-13(8)21-14(18-19-20-21)9-5-6-10(15)12(17)7-9/h2-7H,17H2,1H3. The van der Waals surface area contributed by atoms with Crippen LogP contribution in [-0.4, -0.2) is 20.2 Å². The Kier molecular flexibility index (Phi) is 3.31. The molecule has 1 aromatic heterocycles. The van der Waals surface area contributed by atoms with E-state index in [0.29, 0.717) is 33.3 Å². The number of aromatic nitrogens is 4. The van der Waals surface area contributed by atoms with Gasteiger partial charge in [-0.25, -0.2) is 4.39 Å². The first-order chi connectivity index (χ1) is 10.1. The maximum absolute atomic E-state index is 13.7. The highest BCUT2D eigenvalue weighted by Gasteiger charge is 2.14. The molecule has 0 aliphatic rings. The first kappa shape index (κ1) is 13.5. The fourth-order valence-electron chi connectivity index (χ4n) is 2.04. The van der Waals surface area contributed by atoms with E-state index < -0.39 is 0 Å². The summed E-state index contributed by atoms with van der Waals surface area (Å²) in [5.74, 6) is 0.150. The van der Waals surface area contributed by atoms with Crippen molar-refractivity contribution >= 4 is 17.3 Å². The summed E-state index contributed by atoms with van der Waals surface area (Å²) in [6.07, 6.45) is 0. The molecule has 0 fully saturated rings. The fraction of sp³-hybridized carbons (Fsp3) is 0.0714. The molecule has 0 amide bonds. The molecular weight excluding hydrogens is 293 g/mol. The van der Waals surface area contributed by atoms with Crippen LogP contribution >= 0.6 is 11.6 Å². The van der Waals surface area contributed by atoms with Crippen LogP contribution in [0, 0.1) is 12.7 Å². The molecule has 1 heterocycles. The number of hydrogen-bond acceptors (Lipinski definition) is 4. The molecule has 2 aromatic carbocycles. The second-order valence-corrected chi connectivity index (χ2v) is 4.94. The Labute approximate surface area is 125 Å². The van der Waals surface area contributed by atoms with Crippen molar-refractivity contribution in [2.45, 2.75) is 6.92 Å². The Morgan fingerprint density at radius 2 is 2.05 bits per heavy atom. The van der Waals surface area contributed by atoms with Crippen LogP contribution in [0.3, 0.4) is 0 Å². The summed E-state index contributed by atoms with van der Waals surface area (Å²) in [5, 5.41) is 12.0. The number of rotatable bonds is 2. The summed E-state index contributed by atoms with van der Waals surface area (Å²) in [4.78, 5) is 0. The lowest BCUT2D eigenvalue weighted by atomic mass is 10.1. The monoisotopic (exact) mass is 303 g/mol. The van der Waals surface area contributed by atoms with Crippen molar-refractivity contribution in [2.75, 3.05) is 5.73 Å². The minimum absolute atomic E-state index is 0.315. The Hall–Kier alpha value is -2.47. The van der Waals surface area contributed by atoms with E-state index in [1.807, 2.05) is 0 Å². The SMILES string of the molecule is Cc1c(F)cccc1-n1nnnc1-c1ccc(Cl)c(N)c1. The lowest BCUT2D eigenvalue weighted by molar-refractivity contribution is 0.614. The van der Waals surface area contributed by atoms with Crippen LogP contribution in [0.5, 0.6) is 0 Å². The van der Waals surface area contributed by atoms with Crippen molar-refractivity contribution < 1.29 is 4.39 Å². The molecule has 0 aliphatic heterocycles. The molecule has 0 atom stereocenters. The molecule has 106 valence electrons. The number of nitrogens with zero attached hydrogens (tertiary/aromatic N) is 4. The molecule has 3 rings (SSSR count). The van der Waals surface area contributed by atoms with Gasteiger partial charge >= 0.3 is 0 Å². The molecular formula is C14H11ClFN5. The Bertz CT molecular complexity index is 815. The number of anilines is 1. The van der Waals surface area contributed by atoms with E-state index in [2.05, 4.69) is 15.5 Å². The summed E-state index contributed by atoms with van der Waals surface area (Å²) < 4.78 is 15.2. The van der Waals surface area contributed by atoms with Gasteiger partial charge in [0.25, 0.3) is 0 Å². The number of halogens is 2. The molecule has 5 nitrogen and oxygen atoms in total. The third-order valence-electron chi connectivity index (χ3n) is 3.19. The van der Waals surface area contributed by atoms with Crippen molar-refractivity contribution in [3.05, 3.63) is 52.8 Å².